The Kier molecular flexibility index (Phi) is 19.7. The number of aromatic nitrogens is 5. The summed E-state index contributed by atoms with van der Waals surface area (Å²) in [5.74, 6) is -1.21. The average Bonchev–Trinajstić information content (AvgIpc) is 1.59. The van der Waals surface area contributed by atoms with Crippen LogP contribution in [0.15, 0.2) is 170 Å². The van der Waals surface area contributed by atoms with Crippen LogP contribution < -0.4 is 21.3 Å². The molecule has 1 saturated heterocycles. The number of rotatable bonds is 1. The van der Waals surface area contributed by atoms with Gasteiger partial charge in [0, 0.05) is 153 Å². The first-order chi connectivity index (χ1) is 50.2. The number of ether oxygens (including phenoxy) is 2. The van der Waals surface area contributed by atoms with Gasteiger partial charge < -0.3 is 45.6 Å². The Balaban J connectivity index is 1.09. The number of fused-ring (bicyclic) bond motifs is 4. The van der Waals surface area contributed by atoms with Gasteiger partial charge in [-0.2, -0.15) is 0 Å². The van der Waals surface area contributed by atoms with Crippen LogP contribution in [0.3, 0.4) is 0 Å². The van der Waals surface area contributed by atoms with Crippen LogP contribution in [0, 0.1) is 0 Å². The SMILES string of the molecule is CC(C)(C)OC(=O)N1CCCN2CCN(C(=O)OC(C)(C)C)CN(CC1)CC(=O)Nc1ccccc1-c1c3nc(c4c5ccc([nH]5)c(c5nc(c(c6ccc1[nH]6)-c1ccccc1NC(=O)CCc1ccc(cc1)CCC(=O)Nc1ccccc1-4)C=C5)-c1ccccc1NC(=O)C2)C(c1ccccn1)=C3. The summed E-state index contributed by atoms with van der Waals surface area (Å²) in [5, 5.41) is 13.2. The third-order valence-electron chi connectivity index (χ3n) is 18.7. The molecule has 21 heteroatoms. The zero-order valence-electron chi connectivity index (χ0n) is 59.2. The number of nitrogens with one attached hydrogen (secondary N) is 6. The molecule has 9 aromatic rings. The monoisotopic (exact) mass is 1390 g/mol. The van der Waals surface area contributed by atoms with Gasteiger partial charge in [0.25, 0.3) is 0 Å². The van der Waals surface area contributed by atoms with E-state index in [4.69, 9.17) is 24.4 Å². The first-order valence-electron chi connectivity index (χ1n) is 35.4. The van der Waals surface area contributed by atoms with E-state index in [0.717, 1.165) is 11.1 Å². The van der Waals surface area contributed by atoms with Crippen molar-refractivity contribution in [2.24, 2.45) is 0 Å². The van der Waals surface area contributed by atoms with Gasteiger partial charge in [0.05, 0.1) is 48.2 Å². The molecule has 0 spiro atoms. The summed E-state index contributed by atoms with van der Waals surface area (Å²) >= 11 is 0. The highest BCUT2D eigenvalue weighted by Gasteiger charge is 2.32. The summed E-state index contributed by atoms with van der Waals surface area (Å²) < 4.78 is 12.1. The highest BCUT2D eigenvalue weighted by atomic mass is 16.6. The molecular weight excluding hydrogens is 1310 g/mol. The van der Waals surface area contributed by atoms with Gasteiger partial charge in [-0.05, 0) is 151 Å². The molecule has 0 saturated carbocycles. The Morgan fingerprint density at radius 2 is 0.837 bits per heavy atom. The van der Waals surface area contributed by atoms with E-state index in [1.54, 1.807) is 36.8 Å². The Morgan fingerprint density at radius 1 is 0.413 bits per heavy atom. The number of para-hydroxylation sites is 4. The second kappa shape index (κ2) is 29.6. The molecule has 528 valence electrons. The van der Waals surface area contributed by atoms with Crippen molar-refractivity contribution in [2.45, 2.75) is 84.8 Å². The van der Waals surface area contributed by atoms with Gasteiger partial charge in [-0.15, -0.1) is 0 Å². The van der Waals surface area contributed by atoms with E-state index in [-0.39, 0.29) is 83.0 Å². The fourth-order valence-corrected chi connectivity index (χ4v) is 13.9. The summed E-state index contributed by atoms with van der Waals surface area (Å²) in [6, 6.07) is 52.1. The third kappa shape index (κ3) is 15.8. The molecule has 21 nitrogen and oxygen atoms in total. The average molecular weight is 1390 g/mol. The second-order valence-corrected chi connectivity index (χ2v) is 28.6. The molecule has 6 N–H and O–H groups in total. The molecule has 18 rings (SSSR count). The van der Waals surface area contributed by atoms with Crippen molar-refractivity contribution in [3.05, 3.63) is 210 Å². The van der Waals surface area contributed by atoms with Gasteiger partial charge in [0.15, 0.2) is 0 Å². The number of aromatic amines is 2. The zero-order chi connectivity index (χ0) is 72.2. The molecule has 2 unspecified atom stereocenters. The Hall–Kier alpha value is -11.8. The van der Waals surface area contributed by atoms with Crippen LogP contribution in [-0.2, 0) is 41.5 Å². The van der Waals surface area contributed by atoms with E-state index in [1.165, 1.54) is 0 Å². The number of benzene rings is 5. The smallest absolute Gasteiger partial charge is 0.411 e. The van der Waals surface area contributed by atoms with Crippen molar-refractivity contribution in [1.29, 1.82) is 0 Å². The quantitative estimate of drug-likeness (QED) is 0.0895. The molecule has 5 aromatic carbocycles. The third-order valence-corrected chi connectivity index (χ3v) is 18.7. The lowest BCUT2D eigenvalue weighted by Crippen LogP contribution is -2.52. The number of aryl methyl sites for hydroxylation is 2. The zero-order valence-corrected chi connectivity index (χ0v) is 59.2. The summed E-state index contributed by atoms with van der Waals surface area (Å²) in [7, 11) is 0. The van der Waals surface area contributed by atoms with E-state index in [1.807, 2.05) is 213 Å². The first-order valence-corrected chi connectivity index (χ1v) is 35.4. The lowest BCUT2D eigenvalue weighted by atomic mass is 9.96. The van der Waals surface area contributed by atoms with Crippen LogP contribution in [0.2, 0.25) is 0 Å². The molecule has 104 heavy (non-hydrogen) atoms. The van der Waals surface area contributed by atoms with Gasteiger partial charge in [-0.1, -0.05) is 103 Å². The molecule has 0 aliphatic carbocycles. The van der Waals surface area contributed by atoms with E-state index in [0.29, 0.717) is 149 Å². The number of carbonyl (C=O) groups excluding carboxylic acids is 6. The molecule has 13 heterocycles. The fourth-order valence-electron chi connectivity index (χ4n) is 13.9. The maximum absolute atomic E-state index is 15.5. The predicted octanol–water partition coefficient (Wildman–Crippen LogP) is 14.9. The van der Waals surface area contributed by atoms with Crippen molar-refractivity contribution in [3.8, 4) is 44.5 Å². The van der Waals surface area contributed by atoms with E-state index < -0.39 is 29.3 Å². The van der Waals surface area contributed by atoms with Crippen LogP contribution in [0.25, 0.3) is 90.4 Å². The first kappa shape index (κ1) is 69.3. The highest BCUT2D eigenvalue weighted by Crippen LogP contribution is 2.46. The molecule has 9 aliphatic heterocycles. The molecule has 6 amide bonds. The summed E-state index contributed by atoms with van der Waals surface area (Å²) in [4.78, 5) is 120. The summed E-state index contributed by atoms with van der Waals surface area (Å²) in [6.45, 7) is 11.5. The Labute approximate surface area is 603 Å². The number of H-pyrrole nitrogens is 2. The van der Waals surface area contributed by atoms with E-state index in [9.17, 15) is 19.2 Å². The van der Waals surface area contributed by atoms with Crippen LogP contribution >= 0.6 is 0 Å². The number of carbonyl (C=O) groups is 6. The highest BCUT2D eigenvalue weighted by molar-refractivity contribution is 6.10. The molecule has 16 bridgehead atoms. The second-order valence-electron chi connectivity index (χ2n) is 28.6. The topological polar surface area (TPSA) is 252 Å². The minimum Gasteiger partial charge on any atom is -0.444 e. The van der Waals surface area contributed by atoms with Crippen LogP contribution in [0.4, 0.5) is 32.3 Å². The van der Waals surface area contributed by atoms with Crippen molar-refractivity contribution < 1.29 is 38.2 Å². The van der Waals surface area contributed by atoms with Crippen molar-refractivity contribution in [3.63, 3.8) is 0 Å². The number of amides is 6. The molecule has 9 aliphatic rings. The van der Waals surface area contributed by atoms with E-state index in [2.05, 4.69) is 31.2 Å². The van der Waals surface area contributed by atoms with Gasteiger partial charge >= 0.3 is 12.2 Å². The number of hydrogen-bond donors (Lipinski definition) is 6. The van der Waals surface area contributed by atoms with Gasteiger partial charge in [-0.25, -0.2) is 19.6 Å². The maximum Gasteiger partial charge on any atom is 0.411 e. The lowest BCUT2D eigenvalue weighted by molar-refractivity contribution is -0.119. The fraction of sp³-hybridized carbons (Fsp3) is 0.265. The van der Waals surface area contributed by atoms with E-state index >= 15 is 9.59 Å². The minimum absolute atomic E-state index is 0.0970. The van der Waals surface area contributed by atoms with Crippen molar-refractivity contribution >= 4 is 104 Å². The van der Waals surface area contributed by atoms with Crippen LogP contribution in [-0.4, -0.2) is 151 Å². The molecule has 1 fully saturated rings. The molecule has 4 aromatic heterocycles. The molecular formula is C83H83N13O8. The predicted molar refractivity (Wildman–Crippen MR) is 409 cm³/mol. The molecule has 2 atom stereocenters. The number of anilines is 4. The summed E-state index contributed by atoms with van der Waals surface area (Å²) in [6.07, 6.45) is 8.17. The largest absolute Gasteiger partial charge is 0.444 e. The molecule has 0 radical (unpaired) electrons. The number of nitrogens with zero attached hydrogens (tertiary/aromatic N) is 7. The van der Waals surface area contributed by atoms with Crippen molar-refractivity contribution in [2.75, 3.05) is 80.3 Å². The van der Waals surface area contributed by atoms with Crippen molar-refractivity contribution in [1.82, 2.24) is 44.5 Å². The Morgan fingerprint density at radius 3 is 1.33 bits per heavy atom. The van der Waals surface area contributed by atoms with Crippen LogP contribution in [0.5, 0.6) is 0 Å². The lowest BCUT2D eigenvalue weighted by Gasteiger charge is -2.36. The van der Waals surface area contributed by atoms with Gasteiger partial charge in [0.1, 0.15) is 11.2 Å². The maximum atomic E-state index is 15.5. The standard InChI is InChI=1S/C83H83N13O8/c1-82(2,3)103-80(101)95-43-17-42-93-44-47-96(81(102)104-83(4,5)6)51-94(45-46-95)50-74(100)91-62-25-13-9-20-56(62)77-68-36-35-66(86-68)75-54-18-7-11-23-60(54)88-71(97)39-31-52-27-29-53(30-28-52)32-40-72(98)89-63-26-14-10-21-57(63)78(79-58(48-70(77)92-79)59-22-15-16-41-84-59)69-38-37-67(87-69)76(65-34-33-64(75)85-65)55-19-8-12-24-61(55)90-73(99)49-93/h7-16,18-30,33-38,41,48,86-87H,17,31-32,39-40,42-47,49-51H2,1-6H3,(H,88,97)(H,89,98)(H,90,99)(H,91,100). The number of hydrogen-bond acceptors (Lipinski definition) is 13. The number of pyridine rings is 1. The normalized spacial score (nSPS) is 17.0. The summed E-state index contributed by atoms with van der Waals surface area (Å²) in [5.41, 5.74) is 12.8. The van der Waals surface area contributed by atoms with Crippen LogP contribution in [0.1, 0.15) is 100 Å². The van der Waals surface area contributed by atoms with Gasteiger partial charge in [-0.3, -0.25) is 38.9 Å². The minimum atomic E-state index is -0.894. The van der Waals surface area contributed by atoms with Gasteiger partial charge in [0.2, 0.25) is 23.6 Å². The Bertz CT molecular complexity index is 5080.